The van der Waals surface area contributed by atoms with Crippen LogP contribution in [0.2, 0.25) is 0 Å². The summed E-state index contributed by atoms with van der Waals surface area (Å²) in [4.78, 5) is 10.3. The first-order chi connectivity index (χ1) is 5.09. The lowest BCUT2D eigenvalue weighted by Crippen LogP contribution is -2.36. The maximum atomic E-state index is 10.3. The first kappa shape index (κ1) is 10.4. The highest BCUT2D eigenvalue weighted by atomic mass is 16.4. The Morgan fingerprint density at radius 2 is 2.18 bits per heavy atom. The molecule has 2 unspecified atom stereocenters. The molecule has 0 rings (SSSR count). The van der Waals surface area contributed by atoms with E-state index >= 15 is 0 Å². The molecule has 0 bridgehead atoms. The second kappa shape index (κ2) is 5.09. The minimum atomic E-state index is -0.936. The minimum absolute atomic E-state index is 0.0102. The fourth-order valence-electron chi connectivity index (χ4n) is 0.863. The van der Waals surface area contributed by atoms with Gasteiger partial charge in [-0.2, -0.15) is 0 Å². The molecule has 0 aromatic carbocycles. The Balaban J connectivity index is 3.63. The second-order valence-corrected chi connectivity index (χ2v) is 2.77. The number of rotatable bonds is 5. The molecule has 0 aliphatic rings. The van der Waals surface area contributed by atoms with Crippen LogP contribution in [0, 0.1) is 5.92 Å². The molecule has 4 nitrogen and oxygen atoms in total. The van der Waals surface area contributed by atoms with Gasteiger partial charge in [0.25, 0.3) is 0 Å². The molecule has 0 aromatic rings. The van der Waals surface area contributed by atoms with Crippen molar-refractivity contribution in [2.75, 3.05) is 6.54 Å². The number of nitrogens with two attached hydrogens (primary N) is 2. The molecule has 2 atom stereocenters. The van der Waals surface area contributed by atoms with Gasteiger partial charge in [-0.25, -0.2) is 0 Å². The monoisotopic (exact) mass is 160 g/mol. The van der Waals surface area contributed by atoms with Gasteiger partial charge in [0.2, 0.25) is 0 Å². The topological polar surface area (TPSA) is 89.3 Å². The Morgan fingerprint density at radius 1 is 1.64 bits per heavy atom. The minimum Gasteiger partial charge on any atom is -0.480 e. The van der Waals surface area contributed by atoms with Crippen molar-refractivity contribution in [2.45, 2.75) is 25.8 Å². The highest BCUT2D eigenvalue weighted by molar-refractivity contribution is 5.73. The number of hydrogen-bond acceptors (Lipinski definition) is 3. The average Bonchev–Trinajstić information content (AvgIpc) is 1.98. The van der Waals surface area contributed by atoms with E-state index in [-0.39, 0.29) is 5.92 Å². The fraction of sp³-hybridized carbons (Fsp3) is 0.857. The van der Waals surface area contributed by atoms with Crippen molar-refractivity contribution < 1.29 is 9.90 Å². The van der Waals surface area contributed by atoms with Crippen molar-refractivity contribution in [3.8, 4) is 0 Å². The summed E-state index contributed by atoms with van der Waals surface area (Å²) in [5, 5.41) is 8.50. The maximum Gasteiger partial charge on any atom is 0.320 e. The summed E-state index contributed by atoms with van der Waals surface area (Å²) in [7, 11) is 0. The van der Waals surface area contributed by atoms with Crippen LogP contribution in [-0.4, -0.2) is 23.7 Å². The summed E-state index contributed by atoms with van der Waals surface area (Å²) in [6, 6.07) is -0.749. The van der Waals surface area contributed by atoms with Gasteiger partial charge in [-0.05, 0) is 25.3 Å². The van der Waals surface area contributed by atoms with Gasteiger partial charge in [0.1, 0.15) is 6.04 Å². The van der Waals surface area contributed by atoms with Crippen molar-refractivity contribution in [1.29, 1.82) is 0 Å². The van der Waals surface area contributed by atoms with E-state index in [9.17, 15) is 4.79 Å². The molecule has 0 spiro atoms. The Hall–Kier alpha value is -0.610. The van der Waals surface area contributed by atoms with Crippen LogP contribution in [0.1, 0.15) is 19.8 Å². The molecule has 0 saturated heterocycles. The van der Waals surface area contributed by atoms with Gasteiger partial charge in [-0.15, -0.1) is 0 Å². The van der Waals surface area contributed by atoms with Crippen molar-refractivity contribution in [3.05, 3.63) is 0 Å². The van der Waals surface area contributed by atoms with Gasteiger partial charge in [0.05, 0.1) is 0 Å². The normalized spacial score (nSPS) is 15.9. The molecular formula is C7H16N2O2. The first-order valence-electron chi connectivity index (χ1n) is 3.78. The predicted molar refractivity (Wildman–Crippen MR) is 43.1 cm³/mol. The van der Waals surface area contributed by atoms with E-state index in [1.54, 1.807) is 0 Å². The third-order valence-corrected chi connectivity index (χ3v) is 1.76. The van der Waals surface area contributed by atoms with E-state index in [0.29, 0.717) is 6.54 Å². The quantitative estimate of drug-likeness (QED) is 0.518. The van der Waals surface area contributed by atoms with E-state index in [1.165, 1.54) is 0 Å². The Morgan fingerprint density at radius 3 is 2.55 bits per heavy atom. The van der Waals surface area contributed by atoms with Crippen LogP contribution in [0.15, 0.2) is 0 Å². The molecule has 11 heavy (non-hydrogen) atoms. The van der Waals surface area contributed by atoms with Crippen LogP contribution in [0.3, 0.4) is 0 Å². The molecule has 4 heteroatoms. The lowest BCUT2D eigenvalue weighted by molar-refractivity contribution is -0.139. The van der Waals surface area contributed by atoms with Gasteiger partial charge in [-0.1, -0.05) is 6.92 Å². The molecule has 0 aliphatic heterocycles. The molecule has 0 saturated carbocycles. The Bertz CT molecular complexity index is 128. The van der Waals surface area contributed by atoms with E-state index in [4.69, 9.17) is 16.6 Å². The summed E-state index contributed by atoms with van der Waals surface area (Å²) in [5.41, 5.74) is 10.6. The zero-order valence-corrected chi connectivity index (χ0v) is 6.79. The number of hydrogen-bond donors (Lipinski definition) is 3. The number of carboxylic acids is 1. The zero-order chi connectivity index (χ0) is 8.85. The number of aliphatic carboxylic acids is 1. The van der Waals surface area contributed by atoms with Gasteiger partial charge in [0, 0.05) is 0 Å². The van der Waals surface area contributed by atoms with Crippen LogP contribution in [0.25, 0.3) is 0 Å². The largest absolute Gasteiger partial charge is 0.480 e. The number of carbonyl (C=O) groups is 1. The van der Waals surface area contributed by atoms with Gasteiger partial charge in [-0.3, -0.25) is 4.79 Å². The SMILES string of the molecule is CC(CCCN)C(N)C(=O)O. The molecule has 0 radical (unpaired) electrons. The molecule has 0 aromatic heterocycles. The van der Waals surface area contributed by atoms with E-state index in [0.717, 1.165) is 12.8 Å². The smallest absolute Gasteiger partial charge is 0.320 e. The molecule has 0 amide bonds. The zero-order valence-electron chi connectivity index (χ0n) is 6.79. The molecule has 0 heterocycles. The molecular weight excluding hydrogens is 144 g/mol. The van der Waals surface area contributed by atoms with E-state index in [1.807, 2.05) is 6.92 Å². The van der Waals surface area contributed by atoms with Crippen LogP contribution in [0.4, 0.5) is 0 Å². The average molecular weight is 160 g/mol. The predicted octanol–water partition coefficient (Wildman–Crippen LogP) is -0.227. The molecule has 5 N–H and O–H groups in total. The highest BCUT2D eigenvalue weighted by Gasteiger charge is 2.18. The highest BCUT2D eigenvalue weighted by Crippen LogP contribution is 2.08. The summed E-state index contributed by atoms with van der Waals surface area (Å²) in [6.07, 6.45) is 1.62. The first-order valence-corrected chi connectivity index (χ1v) is 3.78. The van der Waals surface area contributed by atoms with Crippen LogP contribution < -0.4 is 11.5 Å². The summed E-state index contributed by atoms with van der Waals surface area (Å²) in [5.74, 6) is -0.925. The summed E-state index contributed by atoms with van der Waals surface area (Å²) < 4.78 is 0. The van der Waals surface area contributed by atoms with E-state index in [2.05, 4.69) is 0 Å². The van der Waals surface area contributed by atoms with Gasteiger partial charge in [0.15, 0.2) is 0 Å². The lowest BCUT2D eigenvalue weighted by atomic mass is 9.97. The standard InChI is InChI=1S/C7H16N2O2/c1-5(3-2-4-8)6(9)7(10)11/h5-6H,2-4,8-9H2,1H3,(H,10,11). The fourth-order valence-corrected chi connectivity index (χ4v) is 0.863. The van der Waals surface area contributed by atoms with Crippen molar-refractivity contribution in [1.82, 2.24) is 0 Å². The molecule has 0 fully saturated rings. The molecule has 0 aliphatic carbocycles. The Kier molecular flexibility index (Phi) is 4.81. The third-order valence-electron chi connectivity index (χ3n) is 1.76. The van der Waals surface area contributed by atoms with Gasteiger partial charge >= 0.3 is 5.97 Å². The summed E-state index contributed by atoms with van der Waals surface area (Å²) in [6.45, 7) is 2.42. The maximum absolute atomic E-state index is 10.3. The summed E-state index contributed by atoms with van der Waals surface area (Å²) >= 11 is 0. The van der Waals surface area contributed by atoms with Crippen LogP contribution in [-0.2, 0) is 4.79 Å². The van der Waals surface area contributed by atoms with Crippen molar-refractivity contribution in [3.63, 3.8) is 0 Å². The third kappa shape index (κ3) is 3.95. The Labute approximate surface area is 66.6 Å². The second-order valence-electron chi connectivity index (χ2n) is 2.77. The molecule has 66 valence electrons. The lowest BCUT2D eigenvalue weighted by Gasteiger charge is -2.14. The number of carboxylic acid groups (broad SMARTS) is 1. The van der Waals surface area contributed by atoms with Crippen molar-refractivity contribution in [2.24, 2.45) is 17.4 Å². The van der Waals surface area contributed by atoms with Gasteiger partial charge < -0.3 is 16.6 Å². The van der Waals surface area contributed by atoms with Crippen LogP contribution >= 0.6 is 0 Å². The van der Waals surface area contributed by atoms with Crippen LogP contribution in [0.5, 0.6) is 0 Å². The van der Waals surface area contributed by atoms with Crippen molar-refractivity contribution >= 4 is 5.97 Å². The van der Waals surface area contributed by atoms with E-state index < -0.39 is 12.0 Å².